The molecule has 1 saturated heterocycles. The molecular formula is C11H14FN3O2. The van der Waals surface area contributed by atoms with Crippen LogP contribution in [0, 0.1) is 5.82 Å². The van der Waals surface area contributed by atoms with E-state index in [0.29, 0.717) is 19.4 Å². The van der Waals surface area contributed by atoms with Gasteiger partial charge in [0.05, 0.1) is 12.4 Å². The van der Waals surface area contributed by atoms with E-state index in [1.807, 2.05) is 6.92 Å². The maximum Gasteiger partial charge on any atom is 0.329 e. The minimum atomic E-state index is -0.947. The minimum Gasteiger partial charge on any atom is -0.479 e. The molecule has 5 nitrogen and oxygen atoms in total. The van der Waals surface area contributed by atoms with Gasteiger partial charge in [0.15, 0.2) is 5.82 Å². The number of carboxylic acid groups (broad SMARTS) is 1. The summed E-state index contributed by atoms with van der Waals surface area (Å²) in [7, 11) is 0. The monoisotopic (exact) mass is 239 g/mol. The molecule has 1 unspecified atom stereocenters. The largest absolute Gasteiger partial charge is 0.479 e. The number of rotatable bonds is 3. The average molecular weight is 239 g/mol. The molecule has 1 atom stereocenters. The molecule has 0 spiro atoms. The van der Waals surface area contributed by atoms with Gasteiger partial charge in [0.1, 0.15) is 5.54 Å². The number of anilines is 1. The molecule has 1 aliphatic rings. The van der Waals surface area contributed by atoms with Crippen molar-refractivity contribution in [2.45, 2.75) is 31.7 Å². The molecule has 2 heterocycles. The molecule has 2 rings (SSSR count). The number of aliphatic carboxylic acids is 1. The van der Waals surface area contributed by atoms with Crippen LogP contribution in [0.3, 0.4) is 0 Å². The Kier molecular flexibility index (Phi) is 2.95. The molecule has 0 aromatic carbocycles. The summed E-state index contributed by atoms with van der Waals surface area (Å²) in [5.74, 6) is -1.11. The third-order valence-electron chi connectivity index (χ3n) is 3.32. The van der Waals surface area contributed by atoms with E-state index in [-0.39, 0.29) is 5.95 Å². The second-order valence-corrected chi connectivity index (χ2v) is 4.15. The van der Waals surface area contributed by atoms with Crippen LogP contribution in [0.1, 0.15) is 26.2 Å². The molecule has 92 valence electrons. The van der Waals surface area contributed by atoms with Crippen molar-refractivity contribution in [3.8, 4) is 0 Å². The van der Waals surface area contributed by atoms with Gasteiger partial charge in [-0.15, -0.1) is 0 Å². The predicted octanol–water partition coefficient (Wildman–Crippen LogP) is 1.45. The van der Waals surface area contributed by atoms with Gasteiger partial charge in [-0.1, -0.05) is 6.92 Å². The van der Waals surface area contributed by atoms with Gasteiger partial charge in [-0.2, -0.15) is 0 Å². The van der Waals surface area contributed by atoms with E-state index in [1.54, 1.807) is 4.90 Å². The quantitative estimate of drug-likeness (QED) is 0.864. The molecule has 17 heavy (non-hydrogen) atoms. The molecule has 1 aromatic heterocycles. The molecule has 1 aromatic rings. The maximum absolute atomic E-state index is 12.7. The maximum atomic E-state index is 12.7. The van der Waals surface area contributed by atoms with Crippen molar-refractivity contribution in [3.05, 3.63) is 18.2 Å². The minimum absolute atomic E-state index is 0.285. The zero-order chi connectivity index (χ0) is 12.5. The van der Waals surface area contributed by atoms with Crippen molar-refractivity contribution in [1.82, 2.24) is 9.97 Å². The van der Waals surface area contributed by atoms with Gasteiger partial charge in [0, 0.05) is 6.54 Å². The second-order valence-electron chi connectivity index (χ2n) is 4.15. The van der Waals surface area contributed by atoms with Gasteiger partial charge < -0.3 is 10.0 Å². The van der Waals surface area contributed by atoms with E-state index in [2.05, 4.69) is 9.97 Å². The van der Waals surface area contributed by atoms with Gasteiger partial charge in [-0.05, 0) is 19.3 Å². The number of hydrogen-bond donors (Lipinski definition) is 1. The summed E-state index contributed by atoms with van der Waals surface area (Å²) in [5, 5.41) is 9.38. The molecule has 0 radical (unpaired) electrons. The van der Waals surface area contributed by atoms with Crippen molar-refractivity contribution < 1.29 is 14.3 Å². The van der Waals surface area contributed by atoms with Gasteiger partial charge >= 0.3 is 5.97 Å². The molecule has 0 bridgehead atoms. The van der Waals surface area contributed by atoms with E-state index in [1.165, 1.54) is 0 Å². The first-order chi connectivity index (χ1) is 8.10. The Labute approximate surface area is 98.3 Å². The van der Waals surface area contributed by atoms with E-state index < -0.39 is 17.3 Å². The summed E-state index contributed by atoms with van der Waals surface area (Å²) in [6, 6.07) is 0. The zero-order valence-electron chi connectivity index (χ0n) is 9.56. The fraction of sp³-hybridized carbons (Fsp3) is 0.545. The first-order valence-electron chi connectivity index (χ1n) is 5.59. The van der Waals surface area contributed by atoms with Gasteiger partial charge in [-0.3, -0.25) is 0 Å². The standard InChI is InChI=1S/C11H14FN3O2/c1-2-11(9(16)17)4-3-5-15(11)10-13-6-8(12)7-14-10/h6-7H,2-5H2,1H3,(H,16,17). The molecule has 1 N–H and O–H groups in total. The molecule has 6 heteroatoms. The summed E-state index contributed by atoms with van der Waals surface area (Å²) < 4.78 is 12.7. The van der Waals surface area contributed by atoms with Crippen molar-refractivity contribution in [2.75, 3.05) is 11.4 Å². The lowest BCUT2D eigenvalue weighted by Crippen LogP contribution is -2.51. The summed E-state index contributed by atoms with van der Waals surface area (Å²) in [4.78, 5) is 20.8. The van der Waals surface area contributed by atoms with Gasteiger partial charge in [0.2, 0.25) is 5.95 Å². The Balaban J connectivity index is 2.37. The van der Waals surface area contributed by atoms with Crippen LogP contribution in [0.4, 0.5) is 10.3 Å². The van der Waals surface area contributed by atoms with E-state index in [4.69, 9.17) is 0 Å². The van der Waals surface area contributed by atoms with E-state index in [0.717, 1.165) is 18.8 Å². The van der Waals surface area contributed by atoms with Crippen LogP contribution in [0.2, 0.25) is 0 Å². The third-order valence-corrected chi connectivity index (χ3v) is 3.32. The molecule has 1 aliphatic heterocycles. The van der Waals surface area contributed by atoms with Crippen LogP contribution in [-0.2, 0) is 4.79 Å². The molecular weight excluding hydrogens is 225 g/mol. The van der Waals surface area contributed by atoms with E-state index in [9.17, 15) is 14.3 Å². The molecule has 0 saturated carbocycles. The first kappa shape index (κ1) is 11.8. The number of nitrogens with zero attached hydrogens (tertiary/aromatic N) is 3. The van der Waals surface area contributed by atoms with Crippen LogP contribution in [-0.4, -0.2) is 33.1 Å². The Hall–Kier alpha value is -1.72. The van der Waals surface area contributed by atoms with Gasteiger partial charge in [-0.25, -0.2) is 19.2 Å². The first-order valence-corrected chi connectivity index (χ1v) is 5.59. The Morgan fingerprint density at radius 1 is 1.59 bits per heavy atom. The van der Waals surface area contributed by atoms with Crippen molar-refractivity contribution in [1.29, 1.82) is 0 Å². The Morgan fingerprint density at radius 3 is 2.76 bits per heavy atom. The van der Waals surface area contributed by atoms with E-state index >= 15 is 0 Å². The molecule has 0 amide bonds. The lowest BCUT2D eigenvalue weighted by molar-refractivity contribution is -0.143. The van der Waals surface area contributed by atoms with Crippen molar-refractivity contribution in [2.24, 2.45) is 0 Å². The van der Waals surface area contributed by atoms with Gasteiger partial charge in [0.25, 0.3) is 0 Å². The van der Waals surface area contributed by atoms with Crippen LogP contribution < -0.4 is 4.90 Å². The van der Waals surface area contributed by atoms with Crippen LogP contribution in [0.15, 0.2) is 12.4 Å². The van der Waals surface area contributed by atoms with Crippen molar-refractivity contribution in [3.63, 3.8) is 0 Å². The Morgan fingerprint density at radius 2 is 2.24 bits per heavy atom. The average Bonchev–Trinajstić information content (AvgIpc) is 2.75. The van der Waals surface area contributed by atoms with Crippen LogP contribution in [0.5, 0.6) is 0 Å². The highest BCUT2D eigenvalue weighted by Crippen LogP contribution is 2.35. The molecule has 0 aliphatic carbocycles. The highest BCUT2D eigenvalue weighted by Gasteiger charge is 2.47. The summed E-state index contributed by atoms with van der Waals surface area (Å²) >= 11 is 0. The number of aromatic nitrogens is 2. The number of halogens is 1. The number of carboxylic acids is 1. The smallest absolute Gasteiger partial charge is 0.329 e. The predicted molar refractivity (Wildman–Crippen MR) is 59.2 cm³/mol. The van der Waals surface area contributed by atoms with Crippen LogP contribution >= 0.6 is 0 Å². The Bertz CT molecular complexity index is 423. The molecule has 1 fully saturated rings. The normalized spacial score (nSPS) is 24.0. The van der Waals surface area contributed by atoms with Crippen molar-refractivity contribution >= 4 is 11.9 Å². The summed E-state index contributed by atoms with van der Waals surface area (Å²) in [6.07, 6.45) is 3.94. The number of carbonyl (C=O) groups is 1. The fourth-order valence-corrected chi connectivity index (χ4v) is 2.36. The highest BCUT2D eigenvalue weighted by atomic mass is 19.1. The zero-order valence-corrected chi connectivity index (χ0v) is 9.56. The highest BCUT2D eigenvalue weighted by molar-refractivity contribution is 5.83. The van der Waals surface area contributed by atoms with Crippen LogP contribution in [0.25, 0.3) is 0 Å². The SMILES string of the molecule is CCC1(C(=O)O)CCCN1c1ncc(F)cn1. The summed E-state index contributed by atoms with van der Waals surface area (Å²) in [6.45, 7) is 2.42. The summed E-state index contributed by atoms with van der Waals surface area (Å²) in [5.41, 5.74) is -0.947. The lowest BCUT2D eigenvalue weighted by atomic mass is 9.93. The second kappa shape index (κ2) is 4.27. The fourth-order valence-electron chi connectivity index (χ4n) is 2.36. The topological polar surface area (TPSA) is 66.3 Å². The lowest BCUT2D eigenvalue weighted by Gasteiger charge is -2.33. The number of hydrogen-bond acceptors (Lipinski definition) is 4. The third kappa shape index (κ3) is 1.83.